The maximum Gasteiger partial charge on any atom is 0.270 e. The van der Waals surface area contributed by atoms with Crippen molar-refractivity contribution in [2.45, 2.75) is 6.61 Å². The molecule has 0 amide bonds. The van der Waals surface area contributed by atoms with Crippen LogP contribution in [0.25, 0.3) is 0 Å². The van der Waals surface area contributed by atoms with Crippen LogP contribution in [0.1, 0.15) is 15.9 Å². The van der Waals surface area contributed by atoms with Crippen LogP contribution in [-0.4, -0.2) is 11.2 Å². The Morgan fingerprint density at radius 1 is 1.29 bits per heavy atom. The molecule has 5 nitrogen and oxygen atoms in total. The second-order valence-electron chi connectivity index (χ2n) is 4.12. The minimum absolute atomic E-state index is 0.0735. The fourth-order valence-corrected chi connectivity index (χ4v) is 2.20. The van der Waals surface area contributed by atoms with Gasteiger partial charge in [-0.15, -0.1) is 0 Å². The summed E-state index contributed by atoms with van der Waals surface area (Å²) in [4.78, 5) is 21.0. The highest BCUT2D eigenvalue weighted by Crippen LogP contribution is 2.25. The Kier molecular flexibility index (Phi) is 4.93. The Morgan fingerprint density at radius 2 is 2.05 bits per heavy atom. The van der Waals surface area contributed by atoms with Crippen LogP contribution in [0, 0.1) is 10.1 Å². The Hall–Kier alpha value is -1.92. The fourth-order valence-electron chi connectivity index (χ4n) is 1.63. The summed E-state index contributed by atoms with van der Waals surface area (Å²) < 4.78 is 6.22. The number of nitro groups is 1. The minimum atomic E-state index is -0.512. The molecule has 0 saturated carbocycles. The zero-order valence-electron chi connectivity index (χ0n) is 10.6. The fraction of sp³-hybridized carbons (Fsp3) is 0.0714. The van der Waals surface area contributed by atoms with Gasteiger partial charge in [0.05, 0.1) is 9.95 Å². The van der Waals surface area contributed by atoms with Crippen molar-refractivity contribution < 1.29 is 14.5 Å². The first kappa shape index (κ1) is 15.5. The summed E-state index contributed by atoms with van der Waals surface area (Å²) >= 11 is 9.22. The molecule has 0 aliphatic carbocycles. The van der Waals surface area contributed by atoms with E-state index in [1.165, 1.54) is 12.1 Å². The van der Waals surface area contributed by atoms with Crippen LogP contribution in [0.15, 0.2) is 40.9 Å². The van der Waals surface area contributed by atoms with Gasteiger partial charge < -0.3 is 4.74 Å². The molecule has 2 aromatic rings. The van der Waals surface area contributed by atoms with Crippen LogP contribution < -0.4 is 4.74 Å². The number of rotatable bonds is 5. The average Bonchev–Trinajstić information content (AvgIpc) is 2.47. The lowest BCUT2D eigenvalue weighted by Gasteiger charge is -2.08. The molecule has 0 heterocycles. The van der Waals surface area contributed by atoms with Crippen molar-refractivity contribution in [3.63, 3.8) is 0 Å². The predicted octanol–water partition coefficient (Wildman–Crippen LogP) is 4.40. The van der Waals surface area contributed by atoms with E-state index in [0.29, 0.717) is 21.3 Å². The van der Waals surface area contributed by atoms with Gasteiger partial charge in [-0.2, -0.15) is 0 Å². The number of benzene rings is 2. The molecule has 0 atom stereocenters. The summed E-state index contributed by atoms with van der Waals surface area (Å²) in [5, 5.41) is 10.9. The first-order chi connectivity index (χ1) is 10.0. The quantitative estimate of drug-likeness (QED) is 0.444. The number of hydrogen-bond donors (Lipinski definition) is 0. The van der Waals surface area contributed by atoms with Crippen LogP contribution in [-0.2, 0) is 6.61 Å². The second-order valence-corrected chi connectivity index (χ2v) is 5.38. The molecule has 0 unspecified atom stereocenters. The SMILES string of the molecule is O=Cc1cc(OCc2ccc([N+](=O)[O-])cc2Cl)ccc1Br. The van der Waals surface area contributed by atoms with E-state index in [2.05, 4.69) is 15.9 Å². The summed E-state index contributed by atoms with van der Waals surface area (Å²) in [5.74, 6) is 0.509. The lowest BCUT2D eigenvalue weighted by molar-refractivity contribution is -0.384. The van der Waals surface area contributed by atoms with Crippen LogP contribution in [0.5, 0.6) is 5.75 Å². The number of non-ortho nitro benzene ring substituents is 1. The smallest absolute Gasteiger partial charge is 0.270 e. The van der Waals surface area contributed by atoms with Gasteiger partial charge in [0.25, 0.3) is 5.69 Å². The predicted molar refractivity (Wildman–Crippen MR) is 82.0 cm³/mol. The van der Waals surface area contributed by atoms with Gasteiger partial charge in [0.15, 0.2) is 6.29 Å². The molecule has 0 bridgehead atoms. The summed E-state index contributed by atoms with van der Waals surface area (Å²) in [6, 6.07) is 9.19. The lowest BCUT2D eigenvalue weighted by atomic mass is 10.2. The van der Waals surface area contributed by atoms with E-state index < -0.39 is 4.92 Å². The second kappa shape index (κ2) is 6.69. The average molecular weight is 371 g/mol. The highest BCUT2D eigenvalue weighted by Gasteiger charge is 2.10. The van der Waals surface area contributed by atoms with Gasteiger partial charge in [0, 0.05) is 27.7 Å². The van der Waals surface area contributed by atoms with E-state index in [1.54, 1.807) is 24.3 Å². The van der Waals surface area contributed by atoms with E-state index in [9.17, 15) is 14.9 Å². The molecule has 108 valence electrons. The molecule has 0 N–H and O–H groups in total. The molecule has 0 fully saturated rings. The molecule has 0 aromatic heterocycles. The Balaban J connectivity index is 2.13. The summed E-state index contributed by atoms with van der Waals surface area (Å²) in [6.45, 7) is 0.150. The Bertz CT molecular complexity index is 705. The molecule has 2 rings (SSSR count). The standard InChI is InChI=1S/C14H9BrClNO4/c15-13-4-3-12(5-10(13)7-18)21-8-9-1-2-11(17(19)20)6-14(9)16/h1-7H,8H2. The van der Waals surface area contributed by atoms with Gasteiger partial charge in [-0.25, -0.2) is 0 Å². The molecule has 0 spiro atoms. The molecular formula is C14H9BrClNO4. The minimum Gasteiger partial charge on any atom is -0.489 e. The third-order valence-electron chi connectivity index (χ3n) is 2.74. The number of carbonyl (C=O) groups is 1. The molecule has 2 aromatic carbocycles. The van der Waals surface area contributed by atoms with Crippen molar-refractivity contribution in [3.05, 3.63) is 67.1 Å². The van der Waals surface area contributed by atoms with E-state index >= 15 is 0 Å². The number of halogens is 2. The van der Waals surface area contributed by atoms with Gasteiger partial charge >= 0.3 is 0 Å². The molecular weight excluding hydrogens is 362 g/mol. The molecule has 7 heteroatoms. The summed E-state index contributed by atoms with van der Waals surface area (Å²) in [5.41, 5.74) is 1.02. The topological polar surface area (TPSA) is 69.4 Å². The molecule has 0 saturated heterocycles. The monoisotopic (exact) mass is 369 g/mol. The third kappa shape index (κ3) is 3.80. The van der Waals surface area contributed by atoms with Crippen molar-refractivity contribution in [2.24, 2.45) is 0 Å². The number of aldehydes is 1. The Morgan fingerprint density at radius 3 is 2.67 bits per heavy atom. The largest absolute Gasteiger partial charge is 0.489 e. The zero-order chi connectivity index (χ0) is 15.4. The first-order valence-electron chi connectivity index (χ1n) is 5.81. The highest BCUT2D eigenvalue weighted by molar-refractivity contribution is 9.10. The van der Waals surface area contributed by atoms with E-state index in [0.717, 1.165) is 6.29 Å². The number of nitro benzene ring substituents is 1. The first-order valence-corrected chi connectivity index (χ1v) is 6.98. The molecule has 0 aliphatic rings. The van der Waals surface area contributed by atoms with Crippen LogP contribution in [0.3, 0.4) is 0 Å². The normalized spacial score (nSPS) is 10.2. The maximum atomic E-state index is 10.8. The van der Waals surface area contributed by atoms with Crippen LogP contribution >= 0.6 is 27.5 Å². The van der Waals surface area contributed by atoms with Crippen molar-refractivity contribution in [1.29, 1.82) is 0 Å². The van der Waals surface area contributed by atoms with Gasteiger partial charge in [-0.05, 0) is 24.3 Å². The van der Waals surface area contributed by atoms with Crippen molar-refractivity contribution >= 4 is 39.5 Å². The molecule has 0 aliphatic heterocycles. The van der Waals surface area contributed by atoms with Gasteiger partial charge in [0.1, 0.15) is 12.4 Å². The number of hydrogen-bond acceptors (Lipinski definition) is 4. The highest BCUT2D eigenvalue weighted by atomic mass is 79.9. The van der Waals surface area contributed by atoms with E-state index in [4.69, 9.17) is 16.3 Å². The van der Waals surface area contributed by atoms with Crippen molar-refractivity contribution in [2.75, 3.05) is 0 Å². The van der Waals surface area contributed by atoms with Crippen LogP contribution in [0.2, 0.25) is 5.02 Å². The van der Waals surface area contributed by atoms with Gasteiger partial charge in [-0.3, -0.25) is 14.9 Å². The number of nitrogens with zero attached hydrogens (tertiary/aromatic N) is 1. The van der Waals surface area contributed by atoms with Crippen molar-refractivity contribution in [3.8, 4) is 5.75 Å². The zero-order valence-corrected chi connectivity index (χ0v) is 12.9. The van der Waals surface area contributed by atoms with E-state index in [-0.39, 0.29) is 17.3 Å². The Labute approximate surface area is 133 Å². The van der Waals surface area contributed by atoms with Gasteiger partial charge in [-0.1, -0.05) is 27.5 Å². The third-order valence-corrected chi connectivity index (χ3v) is 3.81. The molecule has 21 heavy (non-hydrogen) atoms. The maximum absolute atomic E-state index is 10.8. The van der Waals surface area contributed by atoms with Crippen LogP contribution in [0.4, 0.5) is 5.69 Å². The van der Waals surface area contributed by atoms with E-state index in [1.807, 2.05) is 0 Å². The van der Waals surface area contributed by atoms with Gasteiger partial charge in [0.2, 0.25) is 0 Å². The summed E-state index contributed by atoms with van der Waals surface area (Å²) in [6.07, 6.45) is 0.718. The number of carbonyl (C=O) groups excluding carboxylic acids is 1. The number of ether oxygens (including phenoxy) is 1. The van der Waals surface area contributed by atoms with Crippen molar-refractivity contribution in [1.82, 2.24) is 0 Å². The lowest BCUT2D eigenvalue weighted by Crippen LogP contribution is -1.98. The summed E-state index contributed by atoms with van der Waals surface area (Å²) in [7, 11) is 0. The molecule has 0 radical (unpaired) electrons.